The summed E-state index contributed by atoms with van der Waals surface area (Å²) in [4.78, 5) is 0. The Labute approximate surface area is 88.6 Å². The maximum Gasteiger partial charge on any atom is 0.0230 e. The summed E-state index contributed by atoms with van der Waals surface area (Å²) in [6.07, 6.45) is 12.1. The average molecular weight is 193 g/mol. The smallest absolute Gasteiger partial charge is 0.0230 e. The van der Waals surface area contributed by atoms with Crippen LogP contribution in [0, 0.1) is 5.92 Å². The summed E-state index contributed by atoms with van der Waals surface area (Å²) in [7, 11) is 0. The molecule has 0 radical (unpaired) electrons. The molecule has 1 nitrogen and oxygen atoms in total. The Kier molecular flexibility index (Phi) is 8.01. The maximum atomic E-state index is 3.60. The molecule has 2 unspecified atom stereocenters. The minimum atomic E-state index is 0.554. The largest absolute Gasteiger partial charge is 0.388 e. The van der Waals surface area contributed by atoms with Crippen molar-refractivity contribution >= 4 is 0 Å². The van der Waals surface area contributed by atoms with Gasteiger partial charge in [0.15, 0.2) is 0 Å². The molecule has 0 aliphatic heterocycles. The predicted octanol–water partition coefficient (Wildman–Crippen LogP) is 3.66. The molecule has 0 aliphatic carbocycles. The van der Waals surface area contributed by atoms with Crippen LogP contribution in [0.5, 0.6) is 0 Å². The molecule has 1 heteroatoms. The standard InChI is InChI=1S/C13H23N/c1-5-7-8-9-10-14-13(4)11-12(3)6-2/h5,7-10,12-14H,1,6,11H2,2-4H3/b8-7-,10-9-. The number of nitrogens with one attached hydrogen (secondary N) is 1. The fraction of sp³-hybridized carbons (Fsp3) is 0.538. The van der Waals surface area contributed by atoms with Gasteiger partial charge in [-0.25, -0.2) is 0 Å². The van der Waals surface area contributed by atoms with Gasteiger partial charge in [0.25, 0.3) is 0 Å². The molecule has 1 N–H and O–H groups in total. The number of rotatable bonds is 7. The van der Waals surface area contributed by atoms with Crippen LogP contribution in [0.4, 0.5) is 0 Å². The summed E-state index contributed by atoms with van der Waals surface area (Å²) in [6.45, 7) is 10.3. The van der Waals surface area contributed by atoms with Crippen molar-refractivity contribution in [2.75, 3.05) is 0 Å². The highest BCUT2D eigenvalue weighted by molar-refractivity contribution is 5.08. The topological polar surface area (TPSA) is 12.0 Å². The van der Waals surface area contributed by atoms with E-state index in [9.17, 15) is 0 Å². The summed E-state index contributed by atoms with van der Waals surface area (Å²) >= 11 is 0. The van der Waals surface area contributed by atoms with Crippen LogP contribution in [0.1, 0.15) is 33.6 Å². The van der Waals surface area contributed by atoms with Gasteiger partial charge in [-0.1, -0.05) is 45.1 Å². The van der Waals surface area contributed by atoms with Crippen LogP contribution in [-0.2, 0) is 0 Å². The second-order valence-corrected chi connectivity index (χ2v) is 3.80. The second kappa shape index (κ2) is 8.61. The van der Waals surface area contributed by atoms with E-state index >= 15 is 0 Å². The highest BCUT2D eigenvalue weighted by atomic mass is 14.9. The zero-order chi connectivity index (χ0) is 10.8. The first-order chi connectivity index (χ1) is 6.70. The molecule has 0 rings (SSSR count). The Morgan fingerprint density at radius 1 is 1.21 bits per heavy atom. The van der Waals surface area contributed by atoms with Gasteiger partial charge in [-0.2, -0.15) is 0 Å². The molecule has 0 bridgehead atoms. The summed E-state index contributed by atoms with van der Waals surface area (Å²) < 4.78 is 0. The minimum Gasteiger partial charge on any atom is -0.388 e. The van der Waals surface area contributed by atoms with Crippen molar-refractivity contribution < 1.29 is 0 Å². The third-order valence-electron chi connectivity index (χ3n) is 2.29. The molecule has 0 aromatic rings. The van der Waals surface area contributed by atoms with E-state index in [0.29, 0.717) is 6.04 Å². The van der Waals surface area contributed by atoms with Crippen LogP contribution in [0.15, 0.2) is 37.1 Å². The highest BCUT2D eigenvalue weighted by Gasteiger charge is 2.03. The summed E-state index contributed by atoms with van der Waals surface area (Å²) in [5.74, 6) is 0.801. The number of hydrogen-bond donors (Lipinski definition) is 1. The van der Waals surface area contributed by atoms with E-state index in [4.69, 9.17) is 0 Å². The fourth-order valence-electron chi connectivity index (χ4n) is 1.26. The van der Waals surface area contributed by atoms with Crippen molar-refractivity contribution in [1.82, 2.24) is 5.32 Å². The zero-order valence-electron chi connectivity index (χ0n) is 9.66. The van der Waals surface area contributed by atoms with Crippen molar-refractivity contribution in [1.29, 1.82) is 0 Å². The minimum absolute atomic E-state index is 0.554. The van der Waals surface area contributed by atoms with Crippen LogP contribution in [0.3, 0.4) is 0 Å². The number of hydrogen-bond acceptors (Lipinski definition) is 1. The molecule has 80 valence electrons. The SMILES string of the molecule is C=C/C=C\C=C/NC(C)CC(C)CC. The number of allylic oxidation sites excluding steroid dienone is 4. The molecule has 0 aromatic carbocycles. The Morgan fingerprint density at radius 3 is 2.50 bits per heavy atom. The van der Waals surface area contributed by atoms with Gasteiger partial charge in [0.2, 0.25) is 0 Å². The lowest BCUT2D eigenvalue weighted by atomic mass is 10.0. The average Bonchev–Trinajstić information content (AvgIpc) is 2.17. The van der Waals surface area contributed by atoms with E-state index in [0.717, 1.165) is 5.92 Å². The molecule has 0 aromatic heterocycles. The van der Waals surface area contributed by atoms with Gasteiger partial charge in [-0.05, 0) is 31.5 Å². The first-order valence-corrected chi connectivity index (χ1v) is 5.41. The Balaban J connectivity index is 3.62. The first-order valence-electron chi connectivity index (χ1n) is 5.41. The molecular weight excluding hydrogens is 170 g/mol. The van der Waals surface area contributed by atoms with Crippen LogP contribution < -0.4 is 5.32 Å². The van der Waals surface area contributed by atoms with Crippen molar-refractivity contribution in [2.24, 2.45) is 5.92 Å². The first kappa shape index (κ1) is 13.0. The molecule has 14 heavy (non-hydrogen) atoms. The summed E-state index contributed by atoms with van der Waals surface area (Å²) in [5, 5.41) is 3.34. The highest BCUT2D eigenvalue weighted by Crippen LogP contribution is 2.08. The molecular formula is C13H23N. The van der Waals surface area contributed by atoms with Crippen LogP contribution >= 0.6 is 0 Å². The van der Waals surface area contributed by atoms with E-state index in [1.165, 1.54) is 12.8 Å². The Hall–Kier alpha value is -0.980. The van der Waals surface area contributed by atoms with Gasteiger partial charge in [0.1, 0.15) is 0 Å². The van der Waals surface area contributed by atoms with Crippen molar-refractivity contribution in [3.8, 4) is 0 Å². The zero-order valence-corrected chi connectivity index (χ0v) is 9.66. The quantitative estimate of drug-likeness (QED) is 0.608. The lowest BCUT2D eigenvalue weighted by Crippen LogP contribution is -2.22. The van der Waals surface area contributed by atoms with E-state index in [1.807, 2.05) is 24.4 Å². The molecule has 0 fully saturated rings. The van der Waals surface area contributed by atoms with E-state index in [-0.39, 0.29) is 0 Å². The van der Waals surface area contributed by atoms with Crippen molar-refractivity contribution in [2.45, 2.75) is 39.7 Å². The molecule has 0 amide bonds. The Bertz CT molecular complexity index is 191. The lowest BCUT2D eigenvalue weighted by molar-refractivity contribution is 0.441. The molecule has 0 spiro atoms. The van der Waals surface area contributed by atoms with Gasteiger partial charge in [-0.15, -0.1) is 0 Å². The molecule has 0 saturated heterocycles. The third kappa shape index (κ3) is 7.66. The Morgan fingerprint density at radius 2 is 1.93 bits per heavy atom. The molecule has 0 aliphatic rings. The van der Waals surface area contributed by atoms with Crippen LogP contribution in [0.2, 0.25) is 0 Å². The van der Waals surface area contributed by atoms with Crippen LogP contribution in [0.25, 0.3) is 0 Å². The predicted molar refractivity (Wildman–Crippen MR) is 65.1 cm³/mol. The monoisotopic (exact) mass is 193 g/mol. The van der Waals surface area contributed by atoms with E-state index < -0.39 is 0 Å². The normalized spacial score (nSPS) is 15.9. The molecule has 2 atom stereocenters. The maximum absolute atomic E-state index is 3.60. The van der Waals surface area contributed by atoms with Gasteiger partial charge in [-0.3, -0.25) is 0 Å². The second-order valence-electron chi connectivity index (χ2n) is 3.80. The summed E-state index contributed by atoms with van der Waals surface area (Å²) in [5.41, 5.74) is 0. The van der Waals surface area contributed by atoms with Crippen LogP contribution in [-0.4, -0.2) is 6.04 Å². The van der Waals surface area contributed by atoms with Gasteiger partial charge < -0.3 is 5.32 Å². The fourth-order valence-corrected chi connectivity index (χ4v) is 1.26. The van der Waals surface area contributed by atoms with Gasteiger partial charge >= 0.3 is 0 Å². The van der Waals surface area contributed by atoms with Gasteiger partial charge in [0, 0.05) is 6.04 Å². The third-order valence-corrected chi connectivity index (χ3v) is 2.29. The lowest BCUT2D eigenvalue weighted by Gasteiger charge is -2.15. The van der Waals surface area contributed by atoms with E-state index in [1.54, 1.807) is 6.08 Å². The van der Waals surface area contributed by atoms with Crippen molar-refractivity contribution in [3.05, 3.63) is 37.1 Å². The van der Waals surface area contributed by atoms with E-state index in [2.05, 4.69) is 32.7 Å². The summed E-state index contributed by atoms with van der Waals surface area (Å²) in [6, 6.07) is 0.554. The molecule has 0 saturated carbocycles. The van der Waals surface area contributed by atoms with Crippen molar-refractivity contribution in [3.63, 3.8) is 0 Å². The van der Waals surface area contributed by atoms with Gasteiger partial charge in [0.05, 0.1) is 0 Å². The molecule has 0 heterocycles.